The van der Waals surface area contributed by atoms with E-state index in [1.54, 1.807) is 0 Å². The molecule has 0 saturated carbocycles. The van der Waals surface area contributed by atoms with E-state index in [9.17, 15) is 26.0 Å². The number of hydrogen-bond acceptors (Lipinski definition) is 6. The maximum absolute atomic E-state index is 14.5. The number of halogens is 5. The van der Waals surface area contributed by atoms with Crippen molar-refractivity contribution in [1.29, 1.82) is 0 Å². The average molecular weight is 509 g/mol. The Hall–Kier alpha value is -2.44. The molecule has 0 aliphatic carbocycles. The smallest absolute Gasteiger partial charge is 0.209 e. The van der Waals surface area contributed by atoms with Gasteiger partial charge in [-0.2, -0.15) is 0 Å². The maximum atomic E-state index is 14.5. The highest BCUT2D eigenvalue weighted by Crippen LogP contribution is 2.34. The predicted octanol–water partition coefficient (Wildman–Crippen LogP) is 3.33. The quantitative estimate of drug-likeness (QED) is 0.363. The molecule has 2 heterocycles. The molecule has 1 aromatic rings. The standard InChI is InChI=1S/C20H21ClF4N4O3S/c1-10(21)4-12(19-13(23)5-11(22)6-14(19)24)20(26-2)17-7-18(27-32-17)29-8-15(25)16(9-29)28-33(3,30)31/h4-6,15-17,28H,2,7-9H2,1,3H3/b10-4+,20-12+/t15-,16+,17?/m0/s1. The Morgan fingerprint density at radius 3 is 2.52 bits per heavy atom. The zero-order valence-electron chi connectivity index (χ0n) is 17.7. The van der Waals surface area contributed by atoms with Gasteiger partial charge in [-0.25, -0.2) is 30.7 Å². The molecule has 33 heavy (non-hydrogen) atoms. The number of nitrogens with one attached hydrogen (secondary N) is 1. The number of nitrogens with zero attached hydrogens (tertiary/aromatic N) is 3. The second kappa shape index (κ2) is 9.82. The molecule has 0 bridgehead atoms. The third kappa shape index (κ3) is 5.92. The van der Waals surface area contributed by atoms with Gasteiger partial charge < -0.3 is 9.74 Å². The summed E-state index contributed by atoms with van der Waals surface area (Å²) >= 11 is 5.95. The minimum Gasteiger partial charge on any atom is -0.384 e. The number of benzene rings is 1. The summed E-state index contributed by atoms with van der Waals surface area (Å²) in [5.74, 6) is -3.15. The molecule has 3 rings (SSSR count). The van der Waals surface area contributed by atoms with Gasteiger partial charge in [0, 0.05) is 29.3 Å². The minimum absolute atomic E-state index is 0.0124. The molecular formula is C20H21ClF4N4O3S. The lowest BCUT2D eigenvalue weighted by atomic mass is 9.98. The van der Waals surface area contributed by atoms with Crippen molar-refractivity contribution in [1.82, 2.24) is 9.62 Å². The number of allylic oxidation sites excluding steroid dienone is 3. The lowest BCUT2D eigenvalue weighted by Crippen LogP contribution is -2.41. The SMILES string of the molecule is C=N/C(=C(\C=C(/C)Cl)c1c(F)cc(F)cc1F)C1CC(N2C[C@H](F)[C@H](NS(C)(=O)=O)C2)=NO1. The fourth-order valence-corrected chi connectivity index (χ4v) is 4.57. The fraction of sp³-hybridized carbons (Fsp3) is 0.400. The summed E-state index contributed by atoms with van der Waals surface area (Å²) in [4.78, 5) is 10.8. The van der Waals surface area contributed by atoms with Crippen LogP contribution in [0.15, 0.2) is 39.1 Å². The van der Waals surface area contributed by atoms with Crippen LogP contribution in [0.2, 0.25) is 0 Å². The van der Waals surface area contributed by atoms with Crippen LogP contribution in [0.4, 0.5) is 17.6 Å². The van der Waals surface area contributed by atoms with Crippen LogP contribution in [-0.2, 0) is 14.9 Å². The molecule has 2 aliphatic heterocycles. The van der Waals surface area contributed by atoms with E-state index in [-0.39, 0.29) is 35.8 Å². The van der Waals surface area contributed by atoms with Crippen LogP contribution in [0.25, 0.3) is 5.57 Å². The van der Waals surface area contributed by atoms with E-state index < -0.39 is 51.4 Å². The first-order chi connectivity index (χ1) is 15.4. The number of aliphatic imine (C=N–C) groups is 1. The molecule has 1 N–H and O–H groups in total. The molecule has 0 aromatic heterocycles. The molecule has 1 saturated heterocycles. The monoisotopic (exact) mass is 508 g/mol. The van der Waals surface area contributed by atoms with Crippen molar-refractivity contribution >= 4 is 39.8 Å². The summed E-state index contributed by atoms with van der Waals surface area (Å²) in [7, 11) is -3.62. The molecule has 180 valence electrons. The Kier molecular flexibility index (Phi) is 7.49. The molecule has 0 radical (unpaired) electrons. The van der Waals surface area contributed by atoms with Crippen molar-refractivity contribution in [3.05, 3.63) is 52.0 Å². The van der Waals surface area contributed by atoms with Gasteiger partial charge in [0.05, 0.1) is 36.5 Å². The van der Waals surface area contributed by atoms with Gasteiger partial charge in [-0.15, -0.1) is 0 Å². The summed E-state index contributed by atoms with van der Waals surface area (Å²) in [5.41, 5.74) is -0.700. The third-order valence-electron chi connectivity index (χ3n) is 5.00. The average Bonchev–Trinajstić information content (AvgIpc) is 3.27. The number of rotatable bonds is 6. The van der Waals surface area contributed by atoms with Crippen molar-refractivity contribution < 1.29 is 30.8 Å². The van der Waals surface area contributed by atoms with Gasteiger partial charge in [0.25, 0.3) is 0 Å². The zero-order chi connectivity index (χ0) is 24.5. The topological polar surface area (TPSA) is 83.4 Å². The van der Waals surface area contributed by atoms with Crippen molar-refractivity contribution in [3.8, 4) is 0 Å². The summed E-state index contributed by atoms with van der Waals surface area (Å²) in [6.45, 7) is 4.80. The molecule has 2 aliphatic rings. The second-order valence-corrected chi connectivity index (χ2v) is 10.0. The second-order valence-electron chi connectivity index (χ2n) is 7.66. The van der Waals surface area contributed by atoms with Crippen molar-refractivity contribution in [2.45, 2.75) is 31.7 Å². The largest absolute Gasteiger partial charge is 0.384 e. The third-order valence-corrected chi connectivity index (χ3v) is 5.84. The first kappa shape index (κ1) is 25.2. The van der Waals surface area contributed by atoms with E-state index in [1.807, 2.05) is 0 Å². The van der Waals surface area contributed by atoms with E-state index in [1.165, 1.54) is 17.9 Å². The van der Waals surface area contributed by atoms with Gasteiger partial charge in [-0.3, -0.25) is 4.99 Å². The Bertz CT molecular complexity index is 1130. The molecule has 3 atom stereocenters. The van der Waals surface area contributed by atoms with Gasteiger partial charge >= 0.3 is 0 Å². The lowest BCUT2D eigenvalue weighted by Gasteiger charge is -2.18. The molecular weight excluding hydrogens is 488 g/mol. The molecule has 7 nitrogen and oxygen atoms in total. The van der Waals surface area contributed by atoms with E-state index in [2.05, 4.69) is 21.6 Å². The van der Waals surface area contributed by atoms with Crippen molar-refractivity contribution in [2.24, 2.45) is 10.1 Å². The van der Waals surface area contributed by atoms with E-state index in [0.29, 0.717) is 18.0 Å². The van der Waals surface area contributed by atoms with Gasteiger partial charge in [0.2, 0.25) is 10.0 Å². The van der Waals surface area contributed by atoms with Gasteiger partial charge in [0.1, 0.15) is 29.5 Å². The number of amidine groups is 1. The van der Waals surface area contributed by atoms with Gasteiger partial charge in [0.15, 0.2) is 6.10 Å². The van der Waals surface area contributed by atoms with Crippen LogP contribution in [-0.4, -0.2) is 63.5 Å². The first-order valence-corrected chi connectivity index (χ1v) is 11.9. The van der Waals surface area contributed by atoms with Crippen LogP contribution in [0.1, 0.15) is 18.9 Å². The van der Waals surface area contributed by atoms with Gasteiger partial charge in [-0.05, 0) is 19.7 Å². The minimum atomic E-state index is -3.62. The number of oxime groups is 1. The summed E-state index contributed by atoms with van der Waals surface area (Å²) in [6.07, 6.45) is -0.220. The number of sulfonamides is 1. The summed E-state index contributed by atoms with van der Waals surface area (Å²) in [5, 5.41) is 4.08. The Balaban J connectivity index is 1.90. The first-order valence-electron chi connectivity index (χ1n) is 9.68. The number of hydrogen-bond donors (Lipinski definition) is 1. The van der Waals surface area contributed by atoms with Gasteiger partial charge in [-0.1, -0.05) is 16.8 Å². The molecule has 1 unspecified atom stereocenters. The van der Waals surface area contributed by atoms with Crippen LogP contribution >= 0.6 is 11.6 Å². The highest BCUT2D eigenvalue weighted by molar-refractivity contribution is 7.88. The lowest BCUT2D eigenvalue weighted by molar-refractivity contribution is 0.111. The molecule has 1 fully saturated rings. The normalized spacial score (nSPS) is 24.5. The Labute approximate surface area is 193 Å². The Morgan fingerprint density at radius 2 is 1.97 bits per heavy atom. The van der Waals surface area contributed by atoms with Crippen LogP contribution in [0, 0.1) is 17.5 Å². The number of alkyl halides is 1. The van der Waals surface area contributed by atoms with Crippen molar-refractivity contribution in [3.63, 3.8) is 0 Å². The molecule has 0 spiro atoms. The van der Waals surface area contributed by atoms with Crippen LogP contribution in [0.3, 0.4) is 0 Å². The van der Waals surface area contributed by atoms with Crippen LogP contribution in [0.5, 0.6) is 0 Å². The Morgan fingerprint density at radius 1 is 1.33 bits per heavy atom. The molecule has 0 amide bonds. The number of likely N-dealkylation sites (tertiary alicyclic amines) is 1. The van der Waals surface area contributed by atoms with Crippen molar-refractivity contribution in [2.75, 3.05) is 19.3 Å². The van der Waals surface area contributed by atoms with E-state index in [4.69, 9.17) is 16.4 Å². The fourth-order valence-electron chi connectivity index (χ4n) is 3.69. The summed E-state index contributed by atoms with van der Waals surface area (Å²) in [6, 6.07) is 0.0808. The summed E-state index contributed by atoms with van der Waals surface area (Å²) < 4.78 is 81.9. The molecule has 1 aromatic carbocycles. The van der Waals surface area contributed by atoms with Crippen LogP contribution < -0.4 is 4.72 Å². The highest BCUT2D eigenvalue weighted by atomic mass is 35.5. The highest BCUT2D eigenvalue weighted by Gasteiger charge is 2.39. The van der Waals surface area contributed by atoms with E-state index >= 15 is 0 Å². The maximum Gasteiger partial charge on any atom is 0.209 e. The zero-order valence-corrected chi connectivity index (χ0v) is 19.2. The molecule has 13 heteroatoms. The predicted molar refractivity (Wildman–Crippen MR) is 118 cm³/mol. The van der Waals surface area contributed by atoms with E-state index in [0.717, 1.165) is 6.26 Å².